The normalized spacial score (nSPS) is 18.9. The van der Waals surface area contributed by atoms with Crippen LogP contribution in [0.15, 0.2) is 37.1 Å². The smallest absolute Gasteiger partial charge is 0.276 e. The van der Waals surface area contributed by atoms with Crippen LogP contribution >= 0.6 is 0 Å². The quantitative estimate of drug-likeness (QED) is 0.511. The number of hydrogen-bond acceptors (Lipinski definition) is 7. The van der Waals surface area contributed by atoms with Gasteiger partial charge in [-0.2, -0.15) is 0 Å². The van der Waals surface area contributed by atoms with Crippen molar-refractivity contribution in [1.82, 2.24) is 29.7 Å². The van der Waals surface area contributed by atoms with Crippen LogP contribution in [-0.2, 0) is 0 Å². The summed E-state index contributed by atoms with van der Waals surface area (Å²) in [5.41, 5.74) is 3.18. The Bertz CT molecular complexity index is 1330. The highest BCUT2D eigenvalue weighted by Gasteiger charge is 2.25. The van der Waals surface area contributed by atoms with Crippen molar-refractivity contribution in [3.8, 4) is 0 Å². The lowest BCUT2D eigenvalue weighted by Gasteiger charge is -2.37. The number of amides is 1. The monoisotopic (exact) mass is 434 g/mol. The van der Waals surface area contributed by atoms with Gasteiger partial charge in [-0.3, -0.25) is 14.8 Å². The van der Waals surface area contributed by atoms with Gasteiger partial charge in [0.15, 0.2) is 17.2 Å². The van der Waals surface area contributed by atoms with Crippen LogP contribution in [0.4, 0.5) is 15.8 Å². The zero-order chi connectivity index (χ0) is 22.4. The van der Waals surface area contributed by atoms with Crippen LogP contribution in [0.25, 0.3) is 16.7 Å². The standard InChI is InChI=1S/C22H23FN8O/c1-12-8-30(9-13(2)27-12)17-7-26-20(19-18(17)24-4-5-25-19)22(32)29-15-6-16(23)21-28-14(3)10-31(21)11-15/h4-7,10-13,27H,8-9H2,1-3H3,(H,29,32). The Morgan fingerprint density at radius 3 is 2.59 bits per heavy atom. The number of imidazole rings is 1. The lowest BCUT2D eigenvalue weighted by atomic mass is 10.1. The maximum atomic E-state index is 14.4. The summed E-state index contributed by atoms with van der Waals surface area (Å²) in [6.45, 7) is 7.63. The van der Waals surface area contributed by atoms with Gasteiger partial charge in [-0.15, -0.1) is 0 Å². The van der Waals surface area contributed by atoms with Crippen molar-refractivity contribution < 1.29 is 9.18 Å². The van der Waals surface area contributed by atoms with Crippen molar-refractivity contribution >= 4 is 34.0 Å². The zero-order valence-corrected chi connectivity index (χ0v) is 18.0. The number of pyridine rings is 2. The molecule has 164 valence electrons. The van der Waals surface area contributed by atoms with E-state index in [1.807, 2.05) is 0 Å². The van der Waals surface area contributed by atoms with Crippen molar-refractivity contribution in [3.63, 3.8) is 0 Å². The van der Waals surface area contributed by atoms with Crippen molar-refractivity contribution in [2.45, 2.75) is 32.9 Å². The van der Waals surface area contributed by atoms with E-state index >= 15 is 0 Å². The minimum Gasteiger partial charge on any atom is -0.365 e. The Balaban J connectivity index is 1.50. The molecular formula is C22H23FN8O. The maximum Gasteiger partial charge on any atom is 0.276 e. The topological polar surface area (TPSA) is 100 Å². The van der Waals surface area contributed by atoms with E-state index in [0.717, 1.165) is 18.8 Å². The third kappa shape index (κ3) is 3.62. The number of aromatic nitrogens is 5. The van der Waals surface area contributed by atoms with E-state index in [4.69, 9.17) is 0 Å². The van der Waals surface area contributed by atoms with Gasteiger partial charge in [0.2, 0.25) is 0 Å². The zero-order valence-electron chi connectivity index (χ0n) is 18.0. The molecule has 9 nitrogen and oxygen atoms in total. The number of anilines is 2. The summed E-state index contributed by atoms with van der Waals surface area (Å²) in [4.78, 5) is 32.7. The minimum atomic E-state index is -0.522. The van der Waals surface area contributed by atoms with Crippen LogP contribution in [0.5, 0.6) is 0 Å². The molecule has 4 aromatic rings. The van der Waals surface area contributed by atoms with Crippen LogP contribution in [0.1, 0.15) is 30.0 Å². The molecule has 2 N–H and O–H groups in total. The number of fused-ring (bicyclic) bond motifs is 2. The Morgan fingerprint density at radius 1 is 1.12 bits per heavy atom. The summed E-state index contributed by atoms with van der Waals surface area (Å²) in [5.74, 6) is -1.01. The van der Waals surface area contributed by atoms with Gasteiger partial charge in [-0.05, 0) is 20.8 Å². The molecule has 5 heterocycles. The first-order valence-corrected chi connectivity index (χ1v) is 10.5. The number of carbonyl (C=O) groups excluding carboxylic acids is 1. The Morgan fingerprint density at radius 2 is 1.84 bits per heavy atom. The average molecular weight is 434 g/mol. The van der Waals surface area contributed by atoms with Gasteiger partial charge < -0.3 is 19.9 Å². The first-order chi connectivity index (χ1) is 15.4. The maximum absolute atomic E-state index is 14.4. The first-order valence-electron chi connectivity index (χ1n) is 10.5. The number of halogens is 1. The predicted molar refractivity (Wildman–Crippen MR) is 119 cm³/mol. The fraction of sp³-hybridized carbons (Fsp3) is 0.318. The van der Waals surface area contributed by atoms with E-state index in [-0.39, 0.29) is 11.3 Å². The van der Waals surface area contributed by atoms with E-state index in [1.165, 1.54) is 12.3 Å². The van der Waals surface area contributed by atoms with E-state index in [1.54, 1.807) is 36.1 Å². The molecule has 0 radical (unpaired) electrons. The molecular weight excluding hydrogens is 411 g/mol. The third-order valence-electron chi connectivity index (χ3n) is 5.48. The van der Waals surface area contributed by atoms with Gasteiger partial charge >= 0.3 is 0 Å². The fourth-order valence-corrected chi connectivity index (χ4v) is 4.31. The Hall–Kier alpha value is -3.66. The molecule has 1 amide bonds. The first kappa shape index (κ1) is 20.3. The molecule has 0 bridgehead atoms. The highest BCUT2D eigenvalue weighted by molar-refractivity contribution is 6.11. The van der Waals surface area contributed by atoms with Gasteiger partial charge in [-0.1, -0.05) is 0 Å². The molecule has 1 aliphatic heterocycles. The lowest BCUT2D eigenvalue weighted by molar-refractivity contribution is 0.102. The van der Waals surface area contributed by atoms with E-state index < -0.39 is 11.7 Å². The molecule has 5 rings (SSSR count). The Labute approximate surface area is 183 Å². The number of rotatable bonds is 3. The summed E-state index contributed by atoms with van der Waals surface area (Å²) in [6.07, 6.45) is 8.11. The van der Waals surface area contributed by atoms with Crippen LogP contribution in [0.2, 0.25) is 0 Å². The number of aryl methyl sites for hydroxylation is 1. The second-order valence-electron chi connectivity index (χ2n) is 8.26. The molecule has 10 heteroatoms. The molecule has 4 aromatic heterocycles. The van der Waals surface area contributed by atoms with Crippen molar-refractivity contribution in [1.29, 1.82) is 0 Å². The van der Waals surface area contributed by atoms with Crippen molar-refractivity contribution in [2.75, 3.05) is 23.3 Å². The lowest BCUT2D eigenvalue weighted by Crippen LogP contribution is -2.54. The van der Waals surface area contributed by atoms with Gasteiger partial charge in [0.25, 0.3) is 5.91 Å². The molecule has 2 unspecified atom stereocenters. The molecule has 0 aliphatic carbocycles. The molecule has 0 spiro atoms. The van der Waals surface area contributed by atoms with Gasteiger partial charge in [-0.25, -0.2) is 14.4 Å². The number of piperazine rings is 1. The minimum absolute atomic E-state index is 0.135. The molecule has 32 heavy (non-hydrogen) atoms. The highest BCUT2D eigenvalue weighted by Crippen LogP contribution is 2.27. The van der Waals surface area contributed by atoms with Gasteiger partial charge in [0.1, 0.15) is 11.0 Å². The summed E-state index contributed by atoms with van der Waals surface area (Å²) in [7, 11) is 0. The van der Waals surface area contributed by atoms with Crippen LogP contribution < -0.4 is 15.5 Å². The fourth-order valence-electron chi connectivity index (χ4n) is 4.31. The predicted octanol–water partition coefficient (Wildman–Crippen LogP) is 2.56. The molecule has 1 saturated heterocycles. The second-order valence-corrected chi connectivity index (χ2v) is 8.26. The SMILES string of the molecule is Cc1cn2cc(NC(=O)c3ncc(N4CC(C)NC(C)C4)c4nccnc34)cc(F)c2n1. The van der Waals surface area contributed by atoms with Crippen LogP contribution in [-0.4, -0.2) is 55.4 Å². The summed E-state index contributed by atoms with van der Waals surface area (Å²) in [6, 6.07) is 1.86. The highest BCUT2D eigenvalue weighted by atomic mass is 19.1. The van der Waals surface area contributed by atoms with Crippen molar-refractivity contribution in [3.05, 3.63) is 54.3 Å². The third-order valence-corrected chi connectivity index (χ3v) is 5.48. The number of carbonyl (C=O) groups is 1. The molecule has 2 atom stereocenters. The molecule has 0 aromatic carbocycles. The number of hydrogen-bond donors (Lipinski definition) is 2. The Kier molecular flexibility index (Phi) is 4.93. The van der Waals surface area contributed by atoms with Crippen LogP contribution in [0, 0.1) is 12.7 Å². The van der Waals surface area contributed by atoms with E-state index in [2.05, 4.69) is 49.3 Å². The number of nitrogens with zero attached hydrogens (tertiary/aromatic N) is 6. The van der Waals surface area contributed by atoms with Gasteiger partial charge in [0, 0.05) is 56.0 Å². The van der Waals surface area contributed by atoms with E-state index in [0.29, 0.717) is 34.5 Å². The van der Waals surface area contributed by atoms with E-state index in [9.17, 15) is 9.18 Å². The summed E-state index contributed by atoms with van der Waals surface area (Å²) >= 11 is 0. The van der Waals surface area contributed by atoms with Gasteiger partial charge in [0.05, 0.1) is 23.3 Å². The van der Waals surface area contributed by atoms with Crippen molar-refractivity contribution in [2.24, 2.45) is 0 Å². The van der Waals surface area contributed by atoms with Crippen LogP contribution in [0.3, 0.4) is 0 Å². The number of nitrogens with one attached hydrogen (secondary N) is 2. The second kappa shape index (κ2) is 7.79. The molecule has 1 fully saturated rings. The average Bonchev–Trinajstić information content (AvgIpc) is 3.13. The molecule has 0 saturated carbocycles. The summed E-state index contributed by atoms with van der Waals surface area (Å²) in [5, 5.41) is 6.23. The largest absolute Gasteiger partial charge is 0.365 e. The molecule has 1 aliphatic rings. The summed E-state index contributed by atoms with van der Waals surface area (Å²) < 4.78 is 15.9.